The molecule has 0 atom stereocenters. The van der Waals surface area contributed by atoms with Crippen molar-refractivity contribution in [2.75, 3.05) is 20.2 Å². The van der Waals surface area contributed by atoms with Crippen molar-refractivity contribution in [2.24, 2.45) is 0 Å². The van der Waals surface area contributed by atoms with Crippen molar-refractivity contribution in [3.05, 3.63) is 30.5 Å². The van der Waals surface area contributed by atoms with Crippen LogP contribution in [0.1, 0.15) is 19.8 Å². The van der Waals surface area contributed by atoms with Crippen molar-refractivity contribution in [1.82, 2.24) is 9.88 Å². The monoisotopic (exact) mass is 246 g/mol. The van der Waals surface area contributed by atoms with Crippen molar-refractivity contribution >= 4 is 10.9 Å². The van der Waals surface area contributed by atoms with Gasteiger partial charge in [0.05, 0.1) is 6.61 Å². The molecule has 0 saturated carbocycles. The molecule has 0 radical (unpaired) electrons. The van der Waals surface area contributed by atoms with E-state index in [0.717, 1.165) is 25.4 Å². The summed E-state index contributed by atoms with van der Waals surface area (Å²) in [7, 11) is 2.00. The molecule has 0 aliphatic carbocycles. The highest BCUT2D eigenvalue weighted by Gasteiger charge is 2.02. The predicted molar refractivity (Wildman–Crippen MR) is 76.3 cm³/mol. The Labute approximate surface area is 109 Å². The van der Waals surface area contributed by atoms with E-state index in [0.29, 0.717) is 0 Å². The maximum absolute atomic E-state index is 5.52. The van der Waals surface area contributed by atoms with E-state index in [2.05, 4.69) is 40.3 Å². The number of rotatable bonds is 7. The number of aromatic nitrogens is 1. The number of nitrogens with zero attached hydrogens (tertiary/aromatic N) is 1. The second-order valence-corrected chi connectivity index (χ2v) is 4.47. The van der Waals surface area contributed by atoms with Gasteiger partial charge in [-0.1, -0.05) is 0 Å². The van der Waals surface area contributed by atoms with Gasteiger partial charge in [-0.05, 0) is 57.6 Å². The molecule has 3 nitrogen and oxygen atoms in total. The fourth-order valence-corrected chi connectivity index (χ4v) is 2.21. The van der Waals surface area contributed by atoms with Crippen molar-refractivity contribution in [2.45, 2.75) is 26.3 Å². The number of unbranched alkanes of at least 4 members (excludes halogenated alkanes) is 1. The van der Waals surface area contributed by atoms with Crippen LogP contribution >= 0.6 is 0 Å². The van der Waals surface area contributed by atoms with Gasteiger partial charge in [-0.25, -0.2) is 0 Å². The number of fused-ring (bicyclic) bond motifs is 1. The van der Waals surface area contributed by atoms with Gasteiger partial charge in [-0.2, -0.15) is 0 Å². The summed E-state index contributed by atoms with van der Waals surface area (Å²) in [5, 5.41) is 4.44. The largest absolute Gasteiger partial charge is 0.494 e. The average molecular weight is 246 g/mol. The molecular formula is C15H22N2O. The van der Waals surface area contributed by atoms with Crippen LogP contribution in [-0.2, 0) is 6.54 Å². The lowest BCUT2D eigenvalue weighted by atomic mass is 10.2. The summed E-state index contributed by atoms with van der Waals surface area (Å²) in [5.74, 6) is 0.956. The normalized spacial score (nSPS) is 11.0. The van der Waals surface area contributed by atoms with Crippen molar-refractivity contribution in [3.63, 3.8) is 0 Å². The molecule has 0 amide bonds. The van der Waals surface area contributed by atoms with Gasteiger partial charge in [-0.15, -0.1) is 0 Å². The highest BCUT2D eigenvalue weighted by Crippen LogP contribution is 2.22. The van der Waals surface area contributed by atoms with Crippen LogP contribution < -0.4 is 10.1 Å². The van der Waals surface area contributed by atoms with Crippen LogP contribution in [0.3, 0.4) is 0 Å². The van der Waals surface area contributed by atoms with Gasteiger partial charge in [0.2, 0.25) is 0 Å². The van der Waals surface area contributed by atoms with E-state index in [4.69, 9.17) is 4.74 Å². The summed E-state index contributed by atoms with van der Waals surface area (Å²) >= 11 is 0. The van der Waals surface area contributed by atoms with Crippen molar-refractivity contribution in [3.8, 4) is 5.75 Å². The quantitative estimate of drug-likeness (QED) is 0.760. The maximum atomic E-state index is 5.52. The second kappa shape index (κ2) is 6.45. The summed E-state index contributed by atoms with van der Waals surface area (Å²) in [5.41, 5.74) is 1.29. The molecule has 0 saturated heterocycles. The van der Waals surface area contributed by atoms with E-state index in [1.807, 2.05) is 14.0 Å². The Kier molecular flexibility index (Phi) is 4.65. The molecule has 0 fully saturated rings. The van der Waals surface area contributed by atoms with Gasteiger partial charge < -0.3 is 14.6 Å². The molecule has 98 valence electrons. The van der Waals surface area contributed by atoms with Crippen LogP contribution in [0.15, 0.2) is 30.5 Å². The smallest absolute Gasteiger partial charge is 0.120 e. The zero-order chi connectivity index (χ0) is 12.8. The first kappa shape index (κ1) is 13.0. The number of benzene rings is 1. The van der Waals surface area contributed by atoms with E-state index in [1.54, 1.807) is 0 Å². The molecule has 0 bridgehead atoms. The van der Waals surface area contributed by atoms with E-state index in [-0.39, 0.29) is 0 Å². The zero-order valence-electron chi connectivity index (χ0n) is 11.3. The van der Waals surface area contributed by atoms with Gasteiger partial charge in [0.25, 0.3) is 0 Å². The summed E-state index contributed by atoms with van der Waals surface area (Å²) < 4.78 is 7.84. The molecule has 0 spiro atoms. The Balaban J connectivity index is 2.06. The summed E-state index contributed by atoms with van der Waals surface area (Å²) in [4.78, 5) is 0. The zero-order valence-corrected chi connectivity index (χ0v) is 11.3. The molecule has 2 aromatic rings. The predicted octanol–water partition coefficient (Wildman–Crippen LogP) is 3.04. The van der Waals surface area contributed by atoms with Gasteiger partial charge >= 0.3 is 0 Å². The Morgan fingerprint density at radius 2 is 2.11 bits per heavy atom. The fourth-order valence-electron chi connectivity index (χ4n) is 2.21. The van der Waals surface area contributed by atoms with Crippen LogP contribution in [0.5, 0.6) is 5.75 Å². The Hall–Kier alpha value is -1.48. The highest BCUT2D eigenvalue weighted by atomic mass is 16.5. The van der Waals surface area contributed by atoms with E-state index in [1.165, 1.54) is 23.7 Å². The first-order valence-corrected chi connectivity index (χ1v) is 6.71. The molecule has 1 aromatic carbocycles. The van der Waals surface area contributed by atoms with E-state index < -0.39 is 0 Å². The standard InChI is InChI=1S/C15H22N2O/c1-3-18-14-6-7-15-13(12-14)8-11-17(15)10-5-4-9-16-2/h6-8,11-12,16H,3-5,9-10H2,1-2H3. The highest BCUT2D eigenvalue weighted by molar-refractivity contribution is 5.81. The Morgan fingerprint density at radius 3 is 2.89 bits per heavy atom. The van der Waals surface area contributed by atoms with Crippen molar-refractivity contribution < 1.29 is 4.74 Å². The number of aryl methyl sites for hydroxylation is 1. The second-order valence-electron chi connectivity index (χ2n) is 4.47. The molecule has 0 aliphatic heterocycles. The van der Waals surface area contributed by atoms with Crippen LogP contribution in [0, 0.1) is 0 Å². The number of ether oxygens (including phenoxy) is 1. The van der Waals surface area contributed by atoms with Gasteiger partial charge in [0.15, 0.2) is 0 Å². The third kappa shape index (κ3) is 3.05. The third-order valence-corrected chi connectivity index (χ3v) is 3.13. The number of hydrogen-bond acceptors (Lipinski definition) is 2. The SMILES string of the molecule is CCOc1ccc2c(ccn2CCCCNC)c1. The lowest BCUT2D eigenvalue weighted by Crippen LogP contribution is -2.08. The first-order chi connectivity index (χ1) is 8.85. The number of hydrogen-bond donors (Lipinski definition) is 1. The Morgan fingerprint density at radius 1 is 1.22 bits per heavy atom. The molecule has 3 heteroatoms. The maximum Gasteiger partial charge on any atom is 0.120 e. The van der Waals surface area contributed by atoms with E-state index >= 15 is 0 Å². The summed E-state index contributed by atoms with van der Waals surface area (Å²) in [6.07, 6.45) is 4.59. The molecule has 1 heterocycles. The van der Waals surface area contributed by atoms with Gasteiger partial charge in [0.1, 0.15) is 5.75 Å². The lowest BCUT2D eigenvalue weighted by molar-refractivity contribution is 0.340. The lowest BCUT2D eigenvalue weighted by Gasteiger charge is -2.07. The molecule has 18 heavy (non-hydrogen) atoms. The van der Waals surface area contributed by atoms with Crippen LogP contribution in [0.25, 0.3) is 10.9 Å². The van der Waals surface area contributed by atoms with Crippen LogP contribution in [0.2, 0.25) is 0 Å². The minimum atomic E-state index is 0.718. The molecule has 0 aliphatic rings. The first-order valence-electron chi connectivity index (χ1n) is 6.71. The topological polar surface area (TPSA) is 26.2 Å². The van der Waals surface area contributed by atoms with Crippen LogP contribution in [0.4, 0.5) is 0 Å². The average Bonchev–Trinajstić information content (AvgIpc) is 2.78. The third-order valence-electron chi connectivity index (χ3n) is 3.13. The summed E-state index contributed by atoms with van der Waals surface area (Å²) in [6, 6.07) is 8.48. The van der Waals surface area contributed by atoms with Gasteiger partial charge in [0, 0.05) is 23.6 Å². The molecular weight excluding hydrogens is 224 g/mol. The minimum absolute atomic E-state index is 0.718. The molecule has 0 unspecified atom stereocenters. The Bertz CT molecular complexity index is 490. The van der Waals surface area contributed by atoms with Crippen LogP contribution in [-0.4, -0.2) is 24.8 Å². The number of nitrogens with one attached hydrogen (secondary N) is 1. The van der Waals surface area contributed by atoms with Gasteiger partial charge in [-0.3, -0.25) is 0 Å². The van der Waals surface area contributed by atoms with Crippen molar-refractivity contribution in [1.29, 1.82) is 0 Å². The summed E-state index contributed by atoms with van der Waals surface area (Å²) in [6.45, 7) is 4.90. The van der Waals surface area contributed by atoms with E-state index in [9.17, 15) is 0 Å². The molecule has 2 rings (SSSR count). The fraction of sp³-hybridized carbons (Fsp3) is 0.467. The molecule has 1 aromatic heterocycles. The minimum Gasteiger partial charge on any atom is -0.494 e. The molecule has 1 N–H and O–H groups in total.